The van der Waals surface area contributed by atoms with E-state index in [0.717, 1.165) is 0 Å². The average molecular weight is 316 g/mol. The number of nitrogens with zero attached hydrogens (tertiary/aromatic N) is 1. The Labute approximate surface area is 113 Å². The first-order valence-electron chi connectivity index (χ1n) is 5.49. The van der Waals surface area contributed by atoms with Gasteiger partial charge in [-0.15, -0.1) is 0 Å². The molecule has 0 heterocycles. The van der Waals surface area contributed by atoms with Gasteiger partial charge in [0.2, 0.25) is 0 Å². The average Bonchev–Trinajstić information content (AvgIpc) is 2.37. The molecular weight excluding hydrogens is 302 g/mol. The minimum Gasteiger partial charge on any atom is -0.490 e. The number of carbonyl (C=O) groups excluding carboxylic acids is 1. The third kappa shape index (κ3) is 3.07. The summed E-state index contributed by atoms with van der Waals surface area (Å²) in [6.07, 6.45) is 1.09. The lowest BCUT2D eigenvalue weighted by Crippen LogP contribution is -2.05. The third-order valence-electron chi connectivity index (χ3n) is 2.52. The van der Waals surface area contributed by atoms with E-state index in [9.17, 15) is 14.9 Å². The van der Waals surface area contributed by atoms with Gasteiger partial charge >= 0.3 is 5.69 Å². The van der Waals surface area contributed by atoms with Crippen molar-refractivity contribution >= 4 is 27.4 Å². The van der Waals surface area contributed by atoms with Gasteiger partial charge in [-0.05, 0) is 18.1 Å². The van der Waals surface area contributed by atoms with Crippen LogP contribution in [0.5, 0.6) is 5.75 Å². The molecular formula is C12H14BrNO4. The van der Waals surface area contributed by atoms with Crippen molar-refractivity contribution in [3.63, 3.8) is 0 Å². The molecule has 0 aliphatic heterocycles. The van der Waals surface area contributed by atoms with E-state index in [2.05, 4.69) is 15.9 Å². The Morgan fingerprint density at radius 1 is 1.50 bits per heavy atom. The number of methoxy groups -OCH3 is 1. The van der Waals surface area contributed by atoms with E-state index in [1.807, 2.05) is 6.92 Å². The van der Waals surface area contributed by atoms with E-state index in [-0.39, 0.29) is 17.2 Å². The molecule has 0 aliphatic carbocycles. The summed E-state index contributed by atoms with van der Waals surface area (Å²) in [6.45, 7) is 1.89. The first-order chi connectivity index (χ1) is 8.54. The first-order valence-corrected chi connectivity index (χ1v) is 6.61. The number of ether oxygens (including phenoxy) is 1. The van der Waals surface area contributed by atoms with E-state index >= 15 is 0 Å². The SMILES string of the molecule is CCCC(=O)c1cc([N+](=O)[O-])c(OC)cc1CBr. The van der Waals surface area contributed by atoms with E-state index in [0.29, 0.717) is 29.3 Å². The summed E-state index contributed by atoms with van der Waals surface area (Å²) in [5, 5.41) is 11.4. The minimum absolute atomic E-state index is 0.0855. The van der Waals surface area contributed by atoms with Gasteiger partial charge in [-0.1, -0.05) is 22.9 Å². The van der Waals surface area contributed by atoms with Crippen LogP contribution in [-0.2, 0) is 5.33 Å². The molecule has 98 valence electrons. The van der Waals surface area contributed by atoms with Crippen LogP contribution in [-0.4, -0.2) is 17.8 Å². The maximum Gasteiger partial charge on any atom is 0.311 e. The Bertz CT molecular complexity index is 473. The summed E-state index contributed by atoms with van der Waals surface area (Å²) < 4.78 is 4.97. The van der Waals surface area contributed by atoms with E-state index < -0.39 is 4.92 Å². The Morgan fingerprint density at radius 2 is 2.17 bits per heavy atom. The fraction of sp³-hybridized carbons (Fsp3) is 0.417. The molecule has 0 aromatic heterocycles. The number of halogens is 1. The van der Waals surface area contributed by atoms with Crippen LogP contribution in [0.1, 0.15) is 35.7 Å². The smallest absolute Gasteiger partial charge is 0.311 e. The topological polar surface area (TPSA) is 69.4 Å². The van der Waals surface area contributed by atoms with Gasteiger partial charge in [-0.3, -0.25) is 14.9 Å². The standard InChI is InChI=1S/C12H14BrNO4/c1-3-4-11(15)9-6-10(14(16)17)12(18-2)5-8(9)7-13/h5-6H,3-4,7H2,1-2H3. The summed E-state index contributed by atoms with van der Waals surface area (Å²) in [5.74, 6) is 0.0835. The molecule has 0 N–H and O–H groups in total. The highest BCUT2D eigenvalue weighted by Crippen LogP contribution is 2.32. The van der Waals surface area contributed by atoms with Crippen molar-refractivity contribution in [3.05, 3.63) is 33.4 Å². The van der Waals surface area contributed by atoms with Crippen LogP contribution >= 0.6 is 15.9 Å². The maximum absolute atomic E-state index is 11.9. The first kappa shape index (κ1) is 14.6. The van der Waals surface area contributed by atoms with Crippen LogP contribution < -0.4 is 4.74 Å². The van der Waals surface area contributed by atoms with Crippen molar-refractivity contribution in [1.82, 2.24) is 0 Å². The van der Waals surface area contributed by atoms with Crippen molar-refractivity contribution < 1.29 is 14.5 Å². The quantitative estimate of drug-likeness (QED) is 0.349. The summed E-state index contributed by atoms with van der Waals surface area (Å²) >= 11 is 3.28. The third-order valence-corrected chi connectivity index (χ3v) is 3.13. The van der Waals surface area contributed by atoms with Crippen LogP contribution in [0.15, 0.2) is 12.1 Å². The monoisotopic (exact) mass is 315 g/mol. The normalized spacial score (nSPS) is 10.2. The van der Waals surface area contributed by atoms with Crippen LogP contribution in [0, 0.1) is 10.1 Å². The fourth-order valence-corrected chi connectivity index (χ4v) is 2.11. The zero-order chi connectivity index (χ0) is 13.7. The maximum atomic E-state index is 11.9. The summed E-state index contributed by atoms with van der Waals surface area (Å²) in [6, 6.07) is 2.84. The van der Waals surface area contributed by atoms with E-state index in [4.69, 9.17) is 4.74 Å². The summed E-state index contributed by atoms with van der Waals surface area (Å²) in [5.41, 5.74) is 0.916. The molecule has 0 aliphatic rings. The van der Waals surface area contributed by atoms with Gasteiger partial charge < -0.3 is 4.74 Å². The van der Waals surface area contributed by atoms with Crippen molar-refractivity contribution in [3.8, 4) is 5.75 Å². The van der Waals surface area contributed by atoms with Gasteiger partial charge in [-0.2, -0.15) is 0 Å². The molecule has 0 radical (unpaired) electrons. The van der Waals surface area contributed by atoms with Crippen molar-refractivity contribution in [2.75, 3.05) is 7.11 Å². The highest BCUT2D eigenvalue weighted by atomic mass is 79.9. The van der Waals surface area contributed by atoms with E-state index in [1.54, 1.807) is 0 Å². The largest absolute Gasteiger partial charge is 0.490 e. The fourth-order valence-electron chi connectivity index (χ4n) is 1.65. The second kappa shape index (κ2) is 6.49. The molecule has 0 fully saturated rings. The van der Waals surface area contributed by atoms with Crippen LogP contribution in [0.3, 0.4) is 0 Å². The molecule has 1 rings (SSSR count). The number of hydrogen-bond acceptors (Lipinski definition) is 4. The molecule has 1 aromatic carbocycles. The van der Waals surface area contributed by atoms with E-state index in [1.165, 1.54) is 19.2 Å². The number of ketones is 1. The number of hydrogen-bond donors (Lipinski definition) is 0. The number of benzene rings is 1. The molecule has 0 bridgehead atoms. The van der Waals surface area contributed by atoms with Gasteiger partial charge in [0.15, 0.2) is 11.5 Å². The molecule has 5 nitrogen and oxygen atoms in total. The van der Waals surface area contributed by atoms with Gasteiger partial charge in [0.05, 0.1) is 12.0 Å². The molecule has 1 aromatic rings. The summed E-state index contributed by atoms with van der Waals surface area (Å²) in [7, 11) is 1.37. The summed E-state index contributed by atoms with van der Waals surface area (Å²) in [4.78, 5) is 22.3. The highest BCUT2D eigenvalue weighted by molar-refractivity contribution is 9.08. The number of nitro benzene ring substituents is 1. The molecule has 0 amide bonds. The lowest BCUT2D eigenvalue weighted by molar-refractivity contribution is -0.385. The Morgan fingerprint density at radius 3 is 2.61 bits per heavy atom. The Kier molecular flexibility index (Phi) is 5.27. The molecule has 18 heavy (non-hydrogen) atoms. The van der Waals surface area contributed by atoms with Crippen LogP contribution in [0.4, 0.5) is 5.69 Å². The number of nitro groups is 1. The van der Waals surface area contributed by atoms with Gasteiger partial charge in [0.25, 0.3) is 0 Å². The zero-order valence-corrected chi connectivity index (χ0v) is 11.8. The molecule has 0 saturated heterocycles. The number of Topliss-reactive ketones (excluding diaryl/α,β-unsaturated/α-hetero) is 1. The predicted octanol–water partition coefficient (Wildman–Crippen LogP) is 3.48. The minimum atomic E-state index is -0.542. The van der Waals surface area contributed by atoms with Crippen molar-refractivity contribution in [2.24, 2.45) is 0 Å². The second-order valence-corrected chi connectivity index (χ2v) is 4.31. The second-order valence-electron chi connectivity index (χ2n) is 3.75. The van der Waals surface area contributed by atoms with Crippen LogP contribution in [0.2, 0.25) is 0 Å². The number of rotatable bonds is 6. The van der Waals surface area contributed by atoms with Gasteiger partial charge in [0, 0.05) is 23.4 Å². The highest BCUT2D eigenvalue weighted by Gasteiger charge is 2.21. The Hall–Kier alpha value is -1.43. The molecule has 0 spiro atoms. The van der Waals surface area contributed by atoms with Gasteiger partial charge in [-0.25, -0.2) is 0 Å². The van der Waals surface area contributed by atoms with Gasteiger partial charge in [0.1, 0.15) is 0 Å². The zero-order valence-electron chi connectivity index (χ0n) is 10.2. The molecule has 0 unspecified atom stereocenters. The molecule has 6 heteroatoms. The van der Waals surface area contributed by atoms with Crippen LogP contribution in [0.25, 0.3) is 0 Å². The van der Waals surface area contributed by atoms with Crippen molar-refractivity contribution in [1.29, 1.82) is 0 Å². The van der Waals surface area contributed by atoms with Crippen molar-refractivity contribution in [2.45, 2.75) is 25.1 Å². The lowest BCUT2D eigenvalue weighted by atomic mass is 10.0. The molecule has 0 atom stereocenters. The number of alkyl halides is 1. The Balaban J connectivity index is 3.36. The molecule has 0 saturated carbocycles. The number of carbonyl (C=O) groups is 1. The predicted molar refractivity (Wildman–Crippen MR) is 71.5 cm³/mol. The lowest BCUT2D eigenvalue weighted by Gasteiger charge is -2.09.